The number of nitrogens with one attached hydrogen (secondary N) is 2. The van der Waals surface area contributed by atoms with Gasteiger partial charge in [0.15, 0.2) is 6.04 Å². The first-order chi connectivity index (χ1) is 12.1. The summed E-state index contributed by atoms with van der Waals surface area (Å²) in [6.07, 6.45) is 9.12. The molecular weight excluding hydrogens is 308 g/mol. The van der Waals surface area contributed by atoms with Crippen LogP contribution in [-0.4, -0.2) is 24.0 Å². The average molecular weight is 340 g/mol. The van der Waals surface area contributed by atoms with Gasteiger partial charge < -0.3 is 10.2 Å². The number of rotatable bonds is 3. The molecule has 0 radical (unpaired) electrons. The minimum Gasteiger partial charge on any atom is -0.345 e. The minimum absolute atomic E-state index is 0.0568. The van der Waals surface area contributed by atoms with Crippen molar-refractivity contribution >= 4 is 5.91 Å². The Bertz CT molecular complexity index is 647. The fourth-order valence-corrected chi connectivity index (χ4v) is 6.79. The quantitative estimate of drug-likeness (QED) is 0.869. The molecule has 2 atom stereocenters. The lowest BCUT2D eigenvalue weighted by Gasteiger charge is -2.57. The second-order valence-electron chi connectivity index (χ2n) is 9.51. The third kappa shape index (κ3) is 2.81. The number of amides is 1. The predicted molar refractivity (Wildman–Crippen MR) is 98.2 cm³/mol. The van der Waals surface area contributed by atoms with Gasteiger partial charge in [0, 0.05) is 17.5 Å². The number of carbonyl (C=O) groups excluding carboxylic acids is 1. The maximum atomic E-state index is 13.1. The van der Waals surface area contributed by atoms with E-state index in [0.29, 0.717) is 5.91 Å². The van der Waals surface area contributed by atoms with Crippen molar-refractivity contribution < 1.29 is 9.69 Å². The summed E-state index contributed by atoms with van der Waals surface area (Å²) in [5.41, 5.74) is 3.05. The topological polar surface area (TPSA) is 33.5 Å². The lowest BCUT2D eigenvalue weighted by molar-refractivity contribution is -0.929. The van der Waals surface area contributed by atoms with E-state index in [-0.39, 0.29) is 11.6 Å². The Hall–Kier alpha value is -1.35. The molecule has 3 heteroatoms. The Balaban J connectivity index is 1.27. The summed E-state index contributed by atoms with van der Waals surface area (Å²) in [7, 11) is 0. The standard InChI is InChI=1S/C22H30N2O/c1-15(24-7-6-19-4-2-3-5-20(19)14-24)21(25)23-22-11-16-8-17(12-22)10-18(9-16)13-22/h2-5,15-18H,6-14H2,1H3,(H,23,25)/p+1/t15-,16?,17?,18?,22?/m1/s1. The van der Waals surface area contributed by atoms with Crippen molar-refractivity contribution in [2.75, 3.05) is 6.54 Å². The van der Waals surface area contributed by atoms with Crippen molar-refractivity contribution in [2.45, 2.75) is 70.0 Å². The van der Waals surface area contributed by atoms with Crippen LogP contribution in [0.3, 0.4) is 0 Å². The van der Waals surface area contributed by atoms with E-state index in [1.165, 1.54) is 54.6 Å². The summed E-state index contributed by atoms with van der Waals surface area (Å²) >= 11 is 0. The van der Waals surface area contributed by atoms with Gasteiger partial charge in [-0.05, 0) is 68.8 Å². The van der Waals surface area contributed by atoms with Gasteiger partial charge in [0.25, 0.3) is 5.91 Å². The molecule has 1 aromatic carbocycles. The molecule has 4 bridgehead atoms. The zero-order chi connectivity index (χ0) is 17.0. The molecule has 0 spiro atoms. The first kappa shape index (κ1) is 15.9. The molecule has 4 fully saturated rings. The van der Waals surface area contributed by atoms with Crippen molar-refractivity contribution in [3.8, 4) is 0 Å². The molecular formula is C22H31N2O+. The molecule has 1 heterocycles. The molecule has 25 heavy (non-hydrogen) atoms. The fraction of sp³-hybridized carbons (Fsp3) is 0.682. The molecule has 1 aromatic rings. The van der Waals surface area contributed by atoms with Crippen molar-refractivity contribution in [2.24, 2.45) is 17.8 Å². The Morgan fingerprint density at radius 1 is 1.08 bits per heavy atom. The summed E-state index contributed by atoms with van der Waals surface area (Å²) in [6.45, 7) is 4.21. The Morgan fingerprint density at radius 2 is 1.68 bits per heavy atom. The van der Waals surface area contributed by atoms with E-state index < -0.39 is 0 Å². The molecule has 1 unspecified atom stereocenters. The van der Waals surface area contributed by atoms with Gasteiger partial charge in [-0.3, -0.25) is 4.79 Å². The summed E-state index contributed by atoms with van der Waals surface area (Å²) in [5.74, 6) is 2.96. The zero-order valence-electron chi connectivity index (χ0n) is 15.4. The lowest BCUT2D eigenvalue weighted by atomic mass is 9.53. The highest BCUT2D eigenvalue weighted by molar-refractivity contribution is 5.80. The van der Waals surface area contributed by atoms with E-state index in [4.69, 9.17) is 0 Å². The van der Waals surface area contributed by atoms with Crippen LogP contribution < -0.4 is 10.2 Å². The highest BCUT2D eigenvalue weighted by Gasteiger charge is 2.52. The van der Waals surface area contributed by atoms with Crippen molar-refractivity contribution in [1.82, 2.24) is 5.32 Å². The van der Waals surface area contributed by atoms with E-state index in [0.717, 1.165) is 37.3 Å². The Kier molecular flexibility index (Phi) is 3.70. The molecule has 0 aromatic heterocycles. The van der Waals surface area contributed by atoms with Gasteiger partial charge in [0.2, 0.25) is 0 Å². The molecule has 2 N–H and O–H groups in total. The highest BCUT2D eigenvalue weighted by atomic mass is 16.2. The molecule has 0 saturated heterocycles. The lowest BCUT2D eigenvalue weighted by Crippen LogP contribution is -3.16. The van der Waals surface area contributed by atoms with Gasteiger partial charge in [0.05, 0.1) is 6.54 Å². The second-order valence-corrected chi connectivity index (χ2v) is 9.51. The molecule has 1 amide bonds. The van der Waals surface area contributed by atoms with E-state index in [1.54, 1.807) is 0 Å². The summed E-state index contributed by atoms with van der Waals surface area (Å²) < 4.78 is 0. The molecule has 6 rings (SSSR count). The third-order valence-corrected chi connectivity index (χ3v) is 7.68. The number of hydrogen-bond donors (Lipinski definition) is 2. The van der Waals surface area contributed by atoms with Gasteiger partial charge in [-0.25, -0.2) is 0 Å². The smallest absolute Gasteiger partial charge is 0.278 e. The average Bonchev–Trinajstić information content (AvgIpc) is 2.59. The monoisotopic (exact) mass is 339 g/mol. The summed E-state index contributed by atoms with van der Waals surface area (Å²) in [4.78, 5) is 14.5. The van der Waals surface area contributed by atoms with Gasteiger partial charge in [-0.15, -0.1) is 0 Å². The molecule has 1 aliphatic heterocycles. The van der Waals surface area contributed by atoms with Crippen LogP contribution in [0.4, 0.5) is 0 Å². The van der Waals surface area contributed by atoms with Crippen LogP contribution in [0.25, 0.3) is 0 Å². The molecule has 4 saturated carbocycles. The van der Waals surface area contributed by atoms with Gasteiger partial charge in [-0.1, -0.05) is 24.3 Å². The zero-order valence-corrected chi connectivity index (χ0v) is 15.4. The van der Waals surface area contributed by atoms with Crippen LogP contribution >= 0.6 is 0 Å². The SMILES string of the molecule is C[C@H](C(=O)NC12CC3CC(CC(C3)C1)C2)[NH+]1CCc2ccccc2C1. The molecule has 3 nitrogen and oxygen atoms in total. The van der Waals surface area contributed by atoms with E-state index in [1.807, 2.05) is 0 Å². The molecule has 4 aliphatic carbocycles. The van der Waals surface area contributed by atoms with Gasteiger partial charge in [-0.2, -0.15) is 0 Å². The highest BCUT2D eigenvalue weighted by Crippen LogP contribution is 2.55. The summed E-state index contributed by atoms with van der Waals surface area (Å²) in [5, 5.41) is 3.59. The van der Waals surface area contributed by atoms with Crippen molar-refractivity contribution in [3.63, 3.8) is 0 Å². The van der Waals surface area contributed by atoms with Gasteiger partial charge in [0.1, 0.15) is 6.54 Å². The maximum absolute atomic E-state index is 13.1. The number of hydrogen-bond acceptors (Lipinski definition) is 1. The predicted octanol–water partition coefficient (Wildman–Crippen LogP) is 2.10. The summed E-state index contributed by atoms with van der Waals surface area (Å²) in [6, 6.07) is 8.79. The van der Waals surface area contributed by atoms with Crippen LogP contribution in [0.2, 0.25) is 0 Å². The largest absolute Gasteiger partial charge is 0.345 e. The number of quaternary nitrogens is 1. The molecule has 134 valence electrons. The van der Waals surface area contributed by atoms with Crippen LogP contribution in [0.1, 0.15) is 56.6 Å². The van der Waals surface area contributed by atoms with Crippen LogP contribution in [0, 0.1) is 17.8 Å². The van der Waals surface area contributed by atoms with Crippen molar-refractivity contribution in [3.05, 3.63) is 35.4 Å². The van der Waals surface area contributed by atoms with E-state index >= 15 is 0 Å². The van der Waals surface area contributed by atoms with E-state index in [2.05, 4.69) is 36.5 Å². The third-order valence-electron chi connectivity index (χ3n) is 7.68. The number of carbonyl (C=O) groups is 1. The van der Waals surface area contributed by atoms with Gasteiger partial charge >= 0.3 is 0 Å². The first-order valence-electron chi connectivity index (χ1n) is 10.3. The second kappa shape index (κ2) is 5.84. The van der Waals surface area contributed by atoms with Crippen molar-refractivity contribution in [1.29, 1.82) is 0 Å². The van der Waals surface area contributed by atoms with E-state index in [9.17, 15) is 4.79 Å². The first-order valence-corrected chi connectivity index (χ1v) is 10.3. The van der Waals surface area contributed by atoms with Crippen LogP contribution in [0.15, 0.2) is 24.3 Å². The Morgan fingerprint density at radius 3 is 2.32 bits per heavy atom. The fourth-order valence-electron chi connectivity index (χ4n) is 6.79. The normalized spacial score (nSPS) is 39.7. The van der Waals surface area contributed by atoms with Crippen LogP contribution in [0.5, 0.6) is 0 Å². The molecule has 5 aliphatic rings. The minimum atomic E-state index is 0.0568. The maximum Gasteiger partial charge on any atom is 0.278 e. The number of benzene rings is 1. The Labute approximate surface area is 151 Å². The van der Waals surface area contributed by atoms with Crippen LogP contribution in [-0.2, 0) is 17.8 Å². The number of fused-ring (bicyclic) bond motifs is 1.